The maximum absolute atomic E-state index is 13.8. The maximum Gasteiger partial charge on any atom is 0.255 e. The van der Waals surface area contributed by atoms with E-state index in [1.54, 1.807) is 23.6 Å². The third kappa shape index (κ3) is 6.18. The number of nitrogens with one attached hydrogen (secondary N) is 2. The molecule has 0 saturated carbocycles. The molecule has 1 atom stereocenters. The monoisotopic (exact) mass is 599 g/mol. The van der Waals surface area contributed by atoms with E-state index < -0.39 is 6.04 Å². The zero-order chi connectivity index (χ0) is 27.2. The fraction of sp³-hybridized carbons (Fsp3) is 0.393. The number of aromatic nitrogens is 3. The van der Waals surface area contributed by atoms with E-state index in [-0.39, 0.29) is 5.91 Å². The lowest BCUT2D eigenvalue weighted by Gasteiger charge is -2.29. The Morgan fingerprint density at radius 3 is 2.74 bits per heavy atom. The van der Waals surface area contributed by atoms with E-state index in [4.69, 9.17) is 19.6 Å². The number of hydrogen-bond acceptors (Lipinski definition) is 7. The number of fused-ring (bicyclic) bond motifs is 1. The number of carbonyl (C=O) groups excluding carboxylic acids is 1. The molecule has 4 rings (SSSR count). The number of halogens is 1. The molecular weight excluding hydrogens is 566 g/mol. The molecular formula is C28H34BrN5O3S. The molecule has 2 heterocycles. The van der Waals surface area contributed by atoms with Gasteiger partial charge in [0.05, 0.1) is 23.8 Å². The van der Waals surface area contributed by atoms with Crippen molar-refractivity contribution in [1.29, 1.82) is 0 Å². The molecule has 1 amide bonds. The smallest absolute Gasteiger partial charge is 0.255 e. The fourth-order valence-electron chi connectivity index (χ4n) is 4.27. The first kappa shape index (κ1) is 28.0. The van der Waals surface area contributed by atoms with Gasteiger partial charge in [-0.05, 0) is 78.0 Å². The van der Waals surface area contributed by atoms with Crippen molar-refractivity contribution in [2.75, 3.05) is 30.1 Å². The van der Waals surface area contributed by atoms with E-state index in [9.17, 15) is 4.79 Å². The molecule has 3 aromatic rings. The number of allylic oxidation sites excluding steroid dienone is 1. The van der Waals surface area contributed by atoms with E-state index in [0.29, 0.717) is 40.5 Å². The molecule has 0 spiro atoms. The van der Waals surface area contributed by atoms with Crippen LogP contribution in [0.25, 0.3) is 0 Å². The van der Waals surface area contributed by atoms with Crippen molar-refractivity contribution < 1.29 is 14.3 Å². The number of thioether (sulfide) groups is 1. The first-order valence-corrected chi connectivity index (χ1v) is 14.6. The van der Waals surface area contributed by atoms with Gasteiger partial charge >= 0.3 is 0 Å². The number of methoxy groups -OCH3 is 1. The van der Waals surface area contributed by atoms with Gasteiger partial charge in [0.1, 0.15) is 6.04 Å². The zero-order valence-corrected chi connectivity index (χ0v) is 24.8. The van der Waals surface area contributed by atoms with Crippen LogP contribution in [-0.2, 0) is 4.79 Å². The largest absolute Gasteiger partial charge is 0.493 e. The lowest BCUT2D eigenvalue weighted by Crippen LogP contribution is -2.31. The lowest BCUT2D eigenvalue weighted by atomic mass is 9.94. The number of aryl methyl sites for hydroxylation is 1. The number of benzene rings is 2. The molecule has 2 aromatic carbocycles. The molecule has 0 fully saturated rings. The second-order valence-electron chi connectivity index (χ2n) is 9.14. The second-order valence-corrected chi connectivity index (χ2v) is 11.1. The highest BCUT2D eigenvalue weighted by atomic mass is 79.9. The molecule has 38 heavy (non-hydrogen) atoms. The van der Waals surface area contributed by atoms with Gasteiger partial charge in [0, 0.05) is 17.1 Å². The van der Waals surface area contributed by atoms with Gasteiger partial charge in [0.15, 0.2) is 11.5 Å². The molecule has 0 bridgehead atoms. The van der Waals surface area contributed by atoms with Crippen molar-refractivity contribution in [1.82, 2.24) is 14.8 Å². The number of nitrogens with zero attached hydrogens (tertiary/aromatic N) is 3. The summed E-state index contributed by atoms with van der Waals surface area (Å²) in [7, 11) is 1.61. The number of rotatable bonds is 11. The first-order chi connectivity index (χ1) is 18.4. The highest BCUT2D eigenvalue weighted by Gasteiger charge is 2.35. The van der Waals surface area contributed by atoms with E-state index >= 15 is 0 Å². The number of carbonyl (C=O) groups is 1. The Balaban J connectivity index is 1.80. The SMILES string of the molecule is CCCCSc1nc2n(n1)C(c1cc(Br)c(OCCC)c(OC)c1)C(C(=O)Nc1cccc(C)c1)=C(C)N2. The first-order valence-electron chi connectivity index (χ1n) is 12.8. The van der Waals surface area contributed by atoms with Crippen LogP contribution in [-0.4, -0.2) is 40.1 Å². The summed E-state index contributed by atoms with van der Waals surface area (Å²) in [5.41, 5.74) is 3.88. The molecule has 0 saturated heterocycles. The highest BCUT2D eigenvalue weighted by molar-refractivity contribution is 9.10. The van der Waals surface area contributed by atoms with Crippen LogP contribution in [0.3, 0.4) is 0 Å². The minimum Gasteiger partial charge on any atom is -0.493 e. The van der Waals surface area contributed by atoms with Gasteiger partial charge in [-0.2, -0.15) is 4.98 Å². The van der Waals surface area contributed by atoms with Gasteiger partial charge in [-0.1, -0.05) is 44.2 Å². The van der Waals surface area contributed by atoms with Crippen molar-refractivity contribution >= 4 is 45.2 Å². The van der Waals surface area contributed by atoms with E-state index in [2.05, 4.69) is 40.4 Å². The molecule has 1 aliphatic heterocycles. The van der Waals surface area contributed by atoms with E-state index in [0.717, 1.165) is 46.3 Å². The molecule has 8 nitrogen and oxygen atoms in total. The maximum atomic E-state index is 13.8. The van der Waals surface area contributed by atoms with Gasteiger partial charge in [-0.15, -0.1) is 5.10 Å². The molecule has 2 N–H and O–H groups in total. The molecule has 202 valence electrons. The molecule has 0 radical (unpaired) electrons. The van der Waals surface area contributed by atoms with Crippen molar-refractivity contribution in [3.8, 4) is 11.5 Å². The van der Waals surface area contributed by atoms with Gasteiger partial charge in [0.2, 0.25) is 11.1 Å². The van der Waals surface area contributed by atoms with Crippen LogP contribution in [0.1, 0.15) is 57.2 Å². The molecule has 1 aliphatic rings. The summed E-state index contributed by atoms with van der Waals surface area (Å²) in [4.78, 5) is 18.5. The number of ether oxygens (including phenoxy) is 2. The minimum absolute atomic E-state index is 0.215. The quantitative estimate of drug-likeness (QED) is 0.182. The summed E-state index contributed by atoms with van der Waals surface area (Å²) in [5, 5.41) is 11.9. The van der Waals surface area contributed by atoms with Crippen molar-refractivity contribution in [3.05, 3.63) is 63.3 Å². The normalized spacial score (nSPS) is 14.6. The Kier molecular flexibility index (Phi) is 9.38. The Morgan fingerprint density at radius 1 is 1.21 bits per heavy atom. The Labute approximate surface area is 236 Å². The molecule has 0 aliphatic carbocycles. The molecule has 1 aromatic heterocycles. The Morgan fingerprint density at radius 2 is 2.03 bits per heavy atom. The summed E-state index contributed by atoms with van der Waals surface area (Å²) >= 11 is 5.29. The predicted octanol–water partition coefficient (Wildman–Crippen LogP) is 6.97. The van der Waals surface area contributed by atoms with Crippen LogP contribution in [0.5, 0.6) is 11.5 Å². The summed E-state index contributed by atoms with van der Waals surface area (Å²) < 4.78 is 14.2. The highest BCUT2D eigenvalue weighted by Crippen LogP contribution is 2.43. The lowest BCUT2D eigenvalue weighted by molar-refractivity contribution is -0.113. The van der Waals surface area contributed by atoms with Gasteiger partial charge in [0.25, 0.3) is 5.91 Å². The van der Waals surface area contributed by atoms with Crippen molar-refractivity contribution in [2.45, 2.75) is 58.2 Å². The van der Waals surface area contributed by atoms with Crippen LogP contribution in [0.2, 0.25) is 0 Å². The summed E-state index contributed by atoms with van der Waals surface area (Å²) in [6.07, 6.45) is 3.06. The minimum atomic E-state index is -0.533. The molecule has 1 unspecified atom stereocenters. The summed E-state index contributed by atoms with van der Waals surface area (Å²) in [6.45, 7) is 8.67. The number of amides is 1. The van der Waals surface area contributed by atoms with Crippen molar-refractivity contribution in [2.24, 2.45) is 0 Å². The van der Waals surface area contributed by atoms with Crippen LogP contribution in [0, 0.1) is 6.92 Å². The Bertz CT molecular complexity index is 1340. The average molecular weight is 601 g/mol. The number of unbranched alkanes of at least 4 members (excludes halogenated alkanes) is 1. The van der Waals surface area contributed by atoms with E-state index in [1.807, 2.05) is 50.2 Å². The van der Waals surface area contributed by atoms with Gasteiger partial charge in [-0.3, -0.25) is 4.79 Å². The average Bonchev–Trinajstić information content (AvgIpc) is 3.29. The number of anilines is 2. The van der Waals surface area contributed by atoms with Gasteiger partial charge in [-0.25, -0.2) is 4.68 Å². The van der Waals surface area contributed by atoms with Crippen LogP contribution < -0.4 is 20.1 Å². The predicted molar refractivity (Wildman–Crippen MR) is 156 cm³/mol. The number of hydrogen-bond donors (Lipinski definition) is 2. The summed E-state index contributed by atoms with van der Waals surface area (Å²) in [5.74, 6) is 2.53. The fourth-order valence-corrected chi connectivity index (χ4v) is 5.75. The van der Waals surface area contributed by atoms with Gasteiger partial charge < -0.3 is 20.1 Å². The third-order valence-electron chi connectivity index (χ3n) is 6.10. The standard InChI is InChI=1S/C28H34BrN5O3S/c1-6-8-13-38-28-32-27-30-18(4)23(26(35)31-20-11-9-10-17(3)14-20)24(34(27)33-28)19-15-21(29)25(37-12-7-2)22(16-19)36-5/h9-11,14-16,24H,6-8,12-13H2,1-5H3,(H,31,35)(H,30,32,33). The third-order valence-corrected chi connectivity index (χ3v) is 7.61. The topological polar surface area (TPSA) is 90.3 Å². The Hall–Kier alpha value is -2.98. The van der Waals surface area contributed by atoms with Crippen LogP contribution >= 0.6 is 27.7 Å². The van der Waals surface area contributed by atoms with Crippen molar-refractivity contribution in [3.63, 3.8) is 0 Å². The van der Waals surface area contributed by atoms with Crippen LogP contribution in [0.15, 0.2) is 57.3 Å². The van der Waals surface area contributed by atoms with E-state index in [1.165, 1.54) is 0 Å². The second kappa shape index (κ2) is 12.7. The summed E-state index contributed by atoms with van der Waals surface area (Å²) in [6, 6.07) is 11.1. The zero-order valence-electron chi connectivity index (χ0n) is 22.4. The van der Waals surface area contributed by atoms with Crippen LogP contribution in [0.4, 0.5) is 11.6 Å². The molecule has 10 heteroatoms.